The Balaban J connectivity index is 0. The molecule has 44 valence electrons. The molecule has 0 aromatic rings. The van der Waals surface area contributed by atoms with Gasteiger partial charge in [0.2, 0.25) is 0 Å². The molecule has 0 heterocycles. The van der Waals surface area contributed by atoms with E-state index in [1.807, 2.05) is 0 Å². The third-order valence-electron chi connectivity index (χ3n) is 0. The molecule has 0 aliphatic rings. The second-order valence-electron chi connectivity index (χ2n) is 2.05. The molecule has 7 heavy (non-hydrogen) atoms. The lowest BCUT2D eigenvalue weighted by molar-refractivity contribution is 0.318. The van der Waals surface area contributed by atoms with Crippen molar-refractivity contribution >= 4 is 14.1 Å². The zero-order chi connectivity index (χ0) is 6.28. The third-order valence-corrected chi connectivity index (χ3v) is 0. The molecule has 0 aliphatic carbocycles. The summed E-state index contributed by atoms with van der Waals surface area (Å²) < 4.78 is 0. The minimum absolute atomic E-state index is 0.139. The zero-order valence-corrected chi connectivity index (χ0v) is 6.89. The van der Waals surface area contributed by atoms with Crippen LogP contribution in [0.2, 0.25) is 17.4 Å². The summed E-state index contributed by atoms with van der Waals surface area (Å²) in [7, 11) is 0. The molecule has 0 aromatic carbocycles. The first kappa shape index (κ1) is 10.5. The maximum Gasteiger partial charge on any atom is 0.251 e. The Morgan fingerprint density at radius 2 is 1.29 bits per heavy atom. The summed E-state index contributed by atoms with van der Waals surface area (Å²) in [6.07, 6.45) is 0. The van der Waals surface area contributed by atoms with E-state index in [1.165, 1.54) is 0 Å². The van der Waals surface area contributed by atoms with E-state index in [4.69, 9.17) is 5.11 Å². The van der Waals surface area contributed by atoms with Gasteiger partial charge in [0.15, 0.2) is 0 Å². The molecule has 1 nitrogen and oxygen atoms in total. The van der Waals surface area contributed by atoms with E-state index in [9.17, 15) is 0 Å². The average molecular weight is 118 g/mol. The quantitative estimate of drug-likeness (QED) is 0.476. The molecule has 2 heteroatoms. The molecule has 0 fully saturated rings. The SMILES string of the molecule is CCO.[CH3][Al]([CH3])[CH3]. The van der Waals surface area contributed by atoms with E-state index >= 15 is 0 Å². The predicted octanol–water partition coefficient (Wildman–Crippen LogP) is 1.37. The number of hydrogen-bond donors (Lipinski definition) is 1. The molecule has 0 aromatic heterocycles. The fourth-order valence-electron chi connectivity index (χ4n) is 0. The van der Waals surface area contributed by atoms with Crippen molar-refractivity contribution in [1.82, 2.24) is 0 Å². The van der Waals surface area contributed by atoms with Crippen molar-refractivity contribution in [2.45, 2.75) is 24.3 Å². The van der Waals surface area contributed by atoms with E-state index in [0.29, 0.717) is 0 Å². The lowest BCUT2D eigenvalue weighted by Crippen LogP contribution is -1.84. The smallest absolute Gasteiger partial charge is 0.251 e. The van der Waals surface area contributed by atoms with Gasteiger partial charge >= 0.3 is 0 Å². The van der Waals surface area contributed by atoms with Gasteiger partial charge in [0.1, 0.15) is 0 Å². The number of aliphatic hydroxyl groups is 1. The highest BCUT2D eigenvalue weighted by Crippen LogP contribution is 1.68. The molecule has 0 bridgehead atoms. The lowest BCUT2D eigenvalue weighted by Gasteiger charge is -1.67. The van der Waals surface area contributed by atoms with E-state index < -0.39 is 0 Å². The van der Waals surface area contributed by atoms with E-state index in [2.05, 4.69) is 17.4 Å². The van der Waals surface area contributed by atoms with Crippen LogP contribution in [0.15, 0.2) is 0 Å². The molecule has 0 amide bonds. The molecule has 0 atom stereocenters. The Morgan fingerprint density at radius 1 is 1.29 bits per heavy atom. The first-order valence-corrected chi connectivity index (χ1v) is 6.22. The van der Waals surface area contributed by atoms with Gasteiger partial charge in [-0.2, -0.15) is 0 Å². The van der Waals surface area contributed by atoms with Gasteiger partial charge in [0.05, 0.1) is 0 Å². The second-order valence-corrected chi connectivity index (χ2v) is 5.51. The normalized spacial score (nSPS) is 6.43. The van der Waals surface area contributed by atoms with Crippen LogP contribution < -0.4 is 0 Å². The summed E-state index contributed by atoms with van der Waals surface area (Å²) in [6.45, 7) is 1.93. The Morgan fingerprint density at radius 3 is 1.29 bits per heavy atom. The Bertz CT molecular complexity index is 19.3. The van der Waals surface area contributed by atoms with Gasteiger partial charge in [-0.3, -0.25) is 0 Å². The van der Waals surface area contributed by atoms with Gasteiger partial charge in [-0.15, -0.1) is 17.4 Å². The van der Waals surface area contributed by atoms with Gasteiger partial charge in [-0.05, 0) is 6.92 Å². The minimum Gasteiger partial charge on any atom is -0.397 e. The van der Waals surface area contributed by atoms with Crippen molar-refractivity contribution in [3.8, 4) is 0 Å². The lowest BCUT2D eigenvalue weighted by atomic mass is 10.9. The fourth-order valence-corrected chi connectivity index (χ4v) is 0. The zero-order valence-electron chi connectivity index (χ0n) is 5.73. The molecule has 0 saturated heterocycles. The van der Waals surface area contributed by atoms with E-state index in [0.717, 1.165) is 0 Å². The van der Waals surface area contributed by atoms with Gasteiger partial charge in [0, 0.05) is 6.61 Å². The van der Waals surface area contributed by atoms with Crippen molar-refractivity contribution < 1.29 is 5.11 Å². The van der Waals surface area contributed by atoms with Crippen LogP contribution in [-0.4, -0.2) is 25.9 Å². The Labute approximate surface area is 50.7 Å². The first-order chi connectivity index (χ1) is 3.15. The minimum atomic E-state index is -0.139. The van der Waals surface area contributed by atoms with Crippen LogP contribution in [0, 0.1) is 0 Å². The first-order valence-electron chi connectivity index (χ1n) is 2.76. The maximum absolute atomic E-state index is 7.57. The third kappa shape index (κ3) is 540. The molecule has 0 radical (unpaired) electrons. The van der Waals surface area contributed by atoms with Crippen LogP contribution in [0.3, 0.4) is 0 Å². The van der Waals surface area contributed by atoms with Gasteiger partial charge in [-0.1, -0.05) is 0 Å². The largest absolute Gasteiger partial charge is 0.397 e. The van der Waals surface area contributed by atoms with E-state index in [-0.39, 0.29) is 20.8 Å². The summed E-state index contributed by atoms with van der Waals surface area (Å²) in [6, 6.07) is 0. The van der Waals surface area contributed by atoms with Crippen LogP contribution in [-0.2, 0) is 0 Å². The molecular formula is C5H15AlO. The fraction of sp³-hybridized carbons (Fsp3) is 1.00. The summed E-state index contributed by atoms with van der Waals surface area (Å²) >= 11 is -0.139. The standard InChI is InChI=1S/C2H6O.3CH3.Al/c1-2-3;;;;/h3H,2H2,1H3;3*1H3;. The monoisotopic (exact) mass is 118 g/mol. The maximum atomic E-state index is 7.57. The molecule has 0 aliphatic heterocycles. The van der Waals surface area contributed by atoms with Gasteiger partial charge in [-0.25, -0.2) is 0 Å². The van der Waals surface area contributed by atoms with Gasteiger partial charge in [0.25, 0.3) is 14.1 Å². The summed E-state index contributed by atoms with van der Waals surface area (Å²) in [4.78, 5) is 0. The van der Waals surface area contributed by atoms with E-state index in [1.54, 1.807) is 6.92 Å². The van der Waals surface area contributed by atoms with Crippen molar-refractivity contribution in [3.05, 3.63) is 0 Å². The van der Waals surface area contributed by atoms with Crippen molar-refractivity contribution in [2.24, 2.45) is 0 Å². The topological polar surface area (TPSA) is 20.2 Å². The van der Waals surface area contributed by atoms with Crippen molar-refractivity contribution in [1.29, 1.82) is 0 Å². The number of rotatable bonds is 0. The molecule has 0 spiro atoms. The summed E-state index contributed by atoms with van der Waals surface area (Å²) in [5.74, 6) is 6.92. The summed E-state index contributed by atoms with van der Waals surface area (Å²) in [5.41, 5.74) is 0. The van der Waals surface area contributed by atoms with Crippen molar-refractivity contribution in [3.63, 3.8) is 0 Å². The second kappa shape index (κ2) is 9.70. The average Bonchev–Trinajstić information content (AvgIpc) is 1.33. The Hall–Kier alpha value is 0.492. The Kier molecular flexibility index (Phi) is 14.5. The van der Waals surface area contributed by atoms with Crippen molar-refractivity contribution in [2.75, 3.05) is 6.61 Å². The predicted molar refractivity (Wildman–Crippen MR) is 36.1 cm³/mol. The van der Waals surface area contributed by atoms with Crippen LogP contribution >= 0.6 is 0 Å². The highest BCUT2D eigenvalue weighted by atomic mass is 27.2. The number of hydrogen-bond acceptors (Lipinski definition) is 1. The summed E-state index contributed by atoms with van der Waals surface area (Å²) in [5, 5.41) is 7.57. The van der Waals surface area contributed by atoms with Gasteiger partial charge < -0.3 is 5.11 Å². The highest BCUT2D eigenvalue weighted by Gasteiger charge is 1.81. The van der Waals surface area contributed by atoms with Crippen LogP contribution in [0.1, 0.15) is 6.92 Å². The molecule has 1 N–H and O–H groups in total. The molecular weight excluding hydrogens is 103 g/mol. The number of aliphatic hydroxyl groups excluding tert-OH is 1. The molecule has 0 rings (SSSR count). The van der Waals surface area contributed by atoms with Crippen LogP contribution in [0.25, 0.3) is 0 Å². The van der Waals surface area contributed by atoms with Crippen LogP contribution in [0.4, 0.5) is 0 Å². The van der Waals surface area contributed by atoms with Crippen LogP contribution in [0.5, 0.6) is 0 Å². The molecule has 0 saturated carbocycles. The highest BCUT2D eigenvalue weighted by molar-refractivity contribution is 6.54. The molecule has 0 unspecified atom stereocenters.